The number of carbonyl (C=O) groups excluding carboxylic acids is 1. The Bertz CT molecular complexity index is 707. The van der Waals surface area contributed by atoms with Crippen LogP contribution in [-0.4, -0.2) is 59.5 Å². The molecule has 2 heterocycles. The van der Waals surface area contributed by atoms with Crippen LogP contribution in [0.5, 0.6) is 0 Å². The van der Waals surface area contributed by atoms with E-state index in [1.807, 2.05) is 0 Å². The molecule has 0 saturated heterocycles. The first kappa shape index (κ1) is 16.6. The summed E-state index contributed by atoms with van der Waals surface area (Å²) in [4.78, 5) is 22.1. The molecule has 0 unspecified atom stereocenters. The number of nitrogens with one attached hydrogen (secondary N) is 1. The number of likely N-dealkylation sites (N-methyl/N-ethyl adjacent to an activating group) is 1. The Labute approximate surface area is 133 Å². The Morgan fingerprint density at radius 2 is 2.35 bits per heavy atom. The summed E-state index contributed by atoms with van der Waals surface area (Å²) in [5.74, 6) is 0.508. The number of carbonyl (C=O) groups is 1. The van der Waals surface area contributed by atoms with E-state index in [9.17, 15) is 4.79 Å². The average Bonchev–Trinajstić information content (AvgIpc) is 2.96. The van der Waals surface area contributed by atoms with Crippen LogP contribution in [0, 0.1) is 11.3 Å². The van der Waals surface area contributed by atoms with Gasteiger partial charge in [-0.1, -0.05) is 0 Å². The average molecular weight is 317 g/mol. The van der Waals surface area contributed by atoms with Crippen LogP contribution in [0.25, 0.3) is 11.0 Å². The molecular weight excluding hydrogens is 298 g/mol. The van der Waals surface area contributed by atoms with Crippen molar-refractivity contribution in [1.82, 2.24) is 25.1 Å². The van der Waals surface area contributed by atoms with Gasteiger partial charge in [0, 0.05) is 20.7 Å². The van der Waals surface area contributed by atoms with Crippen molar-refractivity contribution < 1.29 is 9.53 Å². The summed E-state index contributed by atoms with van der Waals surface area (Å²) < 4.78 is 6.55. The summed E-state index contributed by atoms with van der Waals surface area (Å²) in [6, 6.07) is 2.08. The zero-order valence-corrected chi connectivity index (χ0v) is 13.2. The molecule has 0 aliphatic rings. The van der Waals surface area contributed by atoms with Crippen molar-refractivity contribution in [1.29, 1.82) is 5.26 Å². The van der Waals surface area contributed by atoms with Gasteiger partial charge in [-0.05, 0) is 0 Å². The molecule has 23 heavy (non-hydrogen) atoms. The summed E-state index contributed by atoms with van der Waals surface area (Å²) >= 11 is 0. The zero-order valence-electron chi connectivity index (χ0n) is 13.2. The Kier molecular flexibility index (Phi) is 5.82. The predicted molar refractivity (Wildman–Crippen MR) is 83.7 cm³/mol. The number of ether oxygens (including phenoxy) is 1. The molecule has 1 amide bonds. The number of nitrogens with zero attached hydrogens (tertiary/aromatic N) is 6. The minimum absolute atomic E-state index is 0.117. The van der Waals surface area contributed by atoms with E-state index in [0.29, 0.717) is 37.6 Å². The molecule has 0 bridgehead atoms. The van der Waals surface area contributed by atoms with Crippen molar-refractivity contribution in [2.75, 3.05) is 38.8 Å². The van der Waals surface area contributed by atoms with Gasteiger partial charge < -0.3 is 15.0 Å². The van der Waals surface area contributed by atoms with Gasteiger partial charge in [-0.3, -0.25) is 4.79 Å². The van der Waals surface area contributed by atoms with Gasteiger partial charge in [-0.15, -0.1) is 0 Å². The molecule has 9 nitrogen and oxygen atoms in total. The molecule has 2 aromatic rings. The maximum absolute atomic E-state index is 11.9. The van der Waals surface area contributed by atoms with Gasteiger partial charge in [0.2, 0.25) is 5.91 Å². The van der Waals surface area contributed by atoms with Crippen LogP contribution in [0.2, 0.25) is 0 Å². The largest absolute Gasteiger partial charge is 0.383 e. The highest BCUT2D eigenvalue weighted by Crippen LogP contribution is 2.21. The van der Waals surface area contributed by atoms with Gasteiger partial charge in [0.1, 0.15) is 12.1 Å². The summed E-state index contributed by atoms with van der Waals surface area (Å²) in [5.41, 5.74) is 0.650. The number of rotatable bonds is 8. The smallest absolute Gasteiger partial charge is 0.239 e. The molecule has 0 fully saturated rings. The molecule has 1 N–H and O–H groups in total. The Morgan fingerprint density at radius 1 is 1.52 bits per heavy atom. The van der Waals surface area contributed by atoms with Crippen LogP contribution in [0.15, 0.2) is 12.5 Å². The molecule has 2 aromatic heterocycles. The molecule has 0 atom stereocenters. The highest BCUT2D eigenvalue weighted by atomic mass is 16.5. The molecule has 122 valence electrons. The number of nitriles is 1. The second kappa shape index (κ2) is 8.05. The van der Waals surface area contributed by atoms with Crippen LogP contribution in [0.4, 0.5) is 5.82 Å². The minimum atomic E-state index is -0.117. The quantitative estimate of drug-likeness (QED) is 0.679. The van der Waals surface area contributed by atoms with E-state index in [1.165, 1.54) is 6.33 Å². The first-order valence-electron chi connectivity index (χ1n) is 7.17. The van der Waals surface area contributed by atoms with E-state index in [1.54, 1.807) is 29.9 Å². The van der Waals surface area contributed by atoms with Gasteiger partial charge in [-0.25, -0.2) is 14.6 Å². The molecule has 9 heteroatoms. The van der Waals surface area contributed by atoms with Crippen LogP contribution in [0.1, 0.15) is 6.42 Å². The lowest BCUT2D eigenvalue weighted by atomic mass is 10.3. The van der Waals surface area contributed by atoms with E-state index in [0.717, 1.165) is 5.39 Å². The van der Waals surface area contributed by atoms with Crippen LogP contribution in [0.3, 0.4) is 0 Å². The second-order valence-corrected chi connectivity index (χ2v) is 4.91. The lowest BCUT2D eigenvalue weighted by Gasteiger charge is -2.18. The van der Waals surface area contributed by atoms with E-state index in [-0.39, 0.29) is 12.5 Å². The number of hydrogen-bond donors (Lipinski definition) is 1. The summed E-state index contributed by atoms with van der Waals surface area (Å²) in [5, 5.41) is 16.4. The number of aromatic nitrogens is 4. The summed E-state index contributed by atoms with van der Waals surface area (Å²) in [7, 11) is 3.37. The first-order chi connectivity index (χ1) is 11.2. The normalized spacial score (nSPS) is 10.5. The second-order valence-electron chi connectivity index (χ2n) is 4.91. The van der Waals surface area contributed by atoms with Gasteiger partial charge in [0.15, 0.2) is 5.65 Å². The fourth-order valence-electron chi connectivity index (χ4n) is 2.14. The first-order valence-corrected chi connectivity index (χ1v) is 7.17. The van der Waals surface area contributed by atoms with Crippen molar-refractivity contribution >= 4 is 22.8 Å². The van der Waals surface area contributed by atoms with Crippen LogP contribution in [-0.2, 0) is 16.1 Å². The molecule has 2 rings (SSSR count). The van der Waals surface area contributed by atoms with Crippen LogP contribution >= 0.6 is 0 Å². The highest BCUT2D eigenvalue weighted by Gasteiger charge is 2.15. The van der Waals surface area contributed by atoms with Crippen molar-refractivity contribution in [2.24, 2.45) is 0 Å². The van der Waals surface area contributed by atoms with Crippen LogP contribution < -0.4 is 10.2 Å². The SMILES string of the molecule is COCCNC(=O)CN(C)c1ncnc2c1cnn2CCC#N. The molecule has 0 radical (unpaired) electrons. The molecular formula is C14H19N7O2. The van der Waals surface area contributed by atoms with Gasteiger partial charge in [0.25, 0.3) is 0 Å². The molecule has 0 spiro atoms. The number of hydrogen-bond acceptors (Lipinski definition) is 7. The fraction of sp³-hybridized carbons (Fsp3) is 0.500. The number of anilines is 1. The van der Waals surface area contributed by atoms with E-state index < -0.39 is 0 Å². The number of fused-ring (bicyclic) bond motifs is 1. The minimum Gasteiger partial charge on any atom is -0.383 e. The molecule has 0 aliphatic heterocycles. The zero-order chi connectivity index (χ0) is 16.7. The number of methoxy groups -OCH3 is 1. The number of aryl methyl sites for hydroxylation is 1. The third-order valence-corrected chi connectivity index (χ3v) is 3.22. The fourth-order valence-corrected chi connectivity index (χ4v) is 2.14. The maximum atomic E-state index is 11.9. The standard InChI is InChI=1S/C14H19N7O2/c1-20(9-12(22)16-5-7-23-2)13-11-8-19-21(6-3-4-15)14(11)18-10-17-13/h8,10H,3,5-7,9H2,1-2H3,(H,16,22). The monoisotopic (exact) mass is 317 g/mol. The van der Waals surface area contributed by atoms with E-state index in [4.69, 9.17) is 10.00 Å². The highest BCUT2D eigenvalue weighted by molar-refractivity contribution is 5.89. The summed E-state index contributed by atoms with van der Waals surface area (Å²) in [6.07, 6.45) is 3.44. The van der Waals surface area contributed by atoms with Crippen molar-refractivity contribution in [3.8, 4) is 6.07 Å². The Balaban J connectivity index is 2.11. The predicted octanol–water partition coefficient (Wildman–Crippen LogP) is -0.0612. The third-order valence-electron chi connectivity index (χ3n) is 3.22. The molecule has 0 aromatic carbocycles. The number of amides is 1. The van der Waals surface area contributed by atoms with Gasteiger partial charge in [-0.2, -0.15) is 10.4 Å². The Hall–Kier alpha value is -2.73. The lowest BCUT2D eigenvalue weighted by molar-refractivity contribution is -0.119. The van der Waals surface area contributed by atoms with Gasteiger partial charge >= 0.3 is 0 Å². The summed E-state index contributed by atoms with van der Waals surface area (Å²) in [6.45, 7) is 1.57. The third kappa shape index (κ3) is 4.14. The van der Waals surface area contributed by atoms with E-state index in [2.05, 4.69) is 26.5 Å². The van der Waals surface area contributed by atoms with E-state index >= 15 is 0 Å². The lowest BCUT2D eigenvalue weighted by Crippen LogP contribution is -2.37. The maximum Gasteiger partial charge on any atom is 0.239 e. The van der Waals surface area contributed by atoms with Crippen molar-refractivity contribution in [2.45, 2.75) is 13.0 Å². The Morgan fingerprint density at radius 3 is 3.09 bits per heavy atom. The topological polar surface area (TPSA) is 109 Å². The molecule has 0 aliphatic carbocycles. The molecule has 0 saturated carbocycles. The van der Waals surface area contributed by atoms with Crippen molar-refractivity contribution in [3.63, 3.8) is 0 Å². The van der Waals surface area contributed by atoms with Gasteiger partial charge in [0.05, 0.1) is 43.8 Å². The van der Waals surface area contributed by atoms with Crippen molar-refractivity contribution in [3.05, 3.63) is 12.5 Å².